The number of halogens is 2. The highest BCUT2D eigenvalue weighted by Gasteiger charge is 2.23. The van der Waals surface area contributed by atoms with Crippen LogP contribution in [0, 0.1) is 5.82 Å². The van der Waals surface area contributed by atoms with Crippen LogP contribution in [0.2, 0.25) is 5.02 Å². The first-order valence-corrected chi connectivity index (χ1v) is 9.49. The van der Waals surface area contributed by atoms with E-state index in [1.165, 1.54) is 12.1 Å². The number of anilines is 2. The highest BCUT2D eigenvalue weighted by Crippen LogP contribution is 2.25. The summed E-state index contributed by atoms with van der Waals surface area (Å²) in [6.07, 6.45) is 5.27. The van der Waals surface area contributed by atoms with Gasteiger partial charge >= 0.3 is 0 Å². The summed E-state index contributed by atoms with van der Waals surface area (Å²) in [7, 11) is 0. The third kappa shape index (κ3) is 4.01. The zero-order valence-corrected chi connectivity index (χ0v) is 15.8. The van der Waals surface area contributed by atoms with Gasteiger partial charge in [-0.15, -0.1) is 0 Å². The van der Waals surface area contributed by atoms with Crippen LogP contribution in [0.1, 0.15) is 12.8 Å². The number of nitrogens with one attached hydrogen (secondary N) is 3. The molecule has 1 fully saturated rings. The molecule has 28 heavy (non-hydrogen) atoms. The molecule has 0 bridgehead atoms. The van der Waals surface area contributed by atoms with Gasteiger partial charge in [-0.25, -0.2) is 14.4 Å². The zero-order valence-electron chi connectivity index (χ0n) is 15.1. The van der Waals surface area contributed by atoms with Gasteiger partial charge in [0.1, 0.15) is 23.6 Å². The number of piperidine rings is 1. The molecule has 1 atom stereocenters. The number of rotatable bonds is 5. The van der Waals surface area contributed by atoms with Crippen molar-refractivity contribution in [1.82, 2.24) is 20.3 Å². The molecule has 0 aliphatic carbocycles. The van der Waals surface area contributed by atoms with Gasteiger partial charge in [0.15, 0.2) is 0 Å². The van der Waals surface area contributed by atoms with Crippen LogP contribution in [-0.4, -0.2) is 46.5 Å². The second kappa shape index (κ2) is 8.02. The Balaban J connectivity index is 1.35. The average molecular weight is 403 g/mol. The van der Waals surface area contributed by atoms with Gasteiger partial charge in [0.2, 0.25) is 5.91 Å². The fraction of sp³-hybridized carbons (Fsp3) is 0.316. The number of hydrogen-bond donors (Lipinski definition) is 3. The standard InChI is InChI=1S/C19H20ClFN6O/c20-15-8-12(3-4-16(15)21)23-9-17(28)26-13-2-1-7-27(10-13)19-14-5-6-22-18(14)24-11-25-19/h3-6,8,11,13,23H,1-2,7,9-10H2,(H,26,28)(H,22,24,25)/t13-/m0/s1. The maximum Gasteiger partial charge on any atom is 0.239 e. The van der Waals surface area contributed by atoms with Crippen LogP contribution >= 0.6 is 11.6 Å². The SMILES string of the molecule is O=C(CNc1ccc(F)c(Cl)c1)N[C@H]1CCCN(c2ncnc3[nH]ccc23)C1. The number of carbonyl (C=O) groups excluding carboxylic acids is 1. The lowest BCUT2D eigenvalue weighted by Crippen LogP contribution is -2.49. The molecule has 0 saturated carbocycles. The summed E-state index contributed by atoms with van der Waals surface area (Å²) in [5.41, 5.74) is 1.40. The Hall–Kier alpha value is -2.87. The third-order valence-corrected chi connectivity index (χ3v) is 5.08. The Morgan fingerprint density at radius 3 is 3.11 bits per heavy atom. The summed E-state index contributed by atoms with van der Waals surface area (Å²) in [6, 6.07) is 6.27. The lowest BCUT2D eigenvalue weighted by atomic mass is 10.1. The molecule has 9 heteroatoms. The number of fused-ring (bicyclic) bond motifs is 1. The molecule has 0 spiro atoms. The zero-order chi connectivity index (χ0) is 19.5. The van der Waals surface area contributed by atoms with E-state index in [1.54, 1.807) is 12.4 Å². The molecule has 3 aromatic rings. The smallest absolute Gasteiger partial charge is 0.239 e. The van der Waals surface area contributed by atoms with Crippen LogP contribution < -0.4 is 15.5 Å². The van der Waals surface area contributed by atoms with Crippen molar-refractivity contribution in [2.75, 3.05) is 29.9 Å². The summed E-state index contributed by atoms with van der Waals surface area (Å²) in [5.74, 6) is 0.270. The van der Waals surface area contributed by atoms with E-state index in [0.717, 1.165) is 36.2 Å². The van der Waals surface area contributed by atoms with E-state index < -0.39 is 5.82 Å². The molecule has 0 unspecified atom stereocenters. The van der Waals surface area contributed by atoms with Gasteiger partial charge in [-0.3, -0.25) is 4.79 Å². The van der Waals surface area contributed by atoms with E-state index in [9.17, 15) is 9.18 Å². The molecule has 4 rings (SSSR count). The van der Waals surface area contributed by atoms with E-state index >= 15 is 0 Å². The van der Waals surface area contributed by atoms with Crippen LogP contribution in [0.25, 0.3) is 11.0 Å². The molecule has 3 N–H and O–H groups in total. The minimum Gasteiger partial charge on any atom is -0.376 e. The van der Waals surface area contributed by atoms with Crippen molar-refractivity contribution in [2.24, 2.45) is 0 Å². The Kier molecular flexibility index (Phi) is 5.29. The number of amides is 1. The van der Waals surface area contributed by atoms with E-state index in [4.69, 9.17) is 11.6 Å². The van der Waals surface area contributed by atoms with E-state index in [1.807, 2.05) is 12.3 Å². The molecule has 1 aliphatic rings. The number of hydrogen-bond acceptors (Lipinski definition) is 5. The third-order valence-electron chi connectivity index (χ3n) is 4.79. The van der Waals surface area contributed by atoms with E-state index in [0.29, 0.717) is 12.2 Å². The minimum atomic E-state index is -0.486. The first kappa shape index (κ1) is 18.5. The molecular weight excluding hydrogens is 383 g/mol. The highest BCUT2D eigenvalue weighted by molar-refractivity contribution is 6.31. The summed E-state index contributed by atoms with van der Waals surface area (Å²) < 4.78 is 13.2. The van der Waals surface area contributed by atoms with E-state index in [2.05, 4.69) is 30.5 Å². The van der Waals surface area contributed by atoms with Crippen molar-refractivity contribution < 1.29 is 9.18 Å². The van der Waals surface area contributed by atoms with Crippen LogP contribution in [-0.2, 0) is 4.79 Å². The number of benzene rings is 1. The maximum absolute atomic E-state index is 13.2. The quantitative estimate of drug-likeness (QED) is 0.611. The van der Waals surface area contributed by atoms with Crippen LogP contribution in [0.15, 0.2) is 36.8 Å². The lowest BCUT2D eigenvalue weighted by molar-refractivity contribution is -0.120. The summed E-state index contributed by atoms with van der Waals surface area (Å²) >= 11 is 5.76. The number of aromatic amines is 1. The van der Waals surface area contributed by atoms with Crippen molar-refractivity contribution in [3.63, 3.8) is 0 Å². The molecule has 7 nitrogen and oxygen atoms in total. The predicted molar refractivity (Wildman–Crippen MR) is 107 cm³/mol. The summed E-state index contributed by atoms with van der Waals surface area (Å²) in [5, 5.41) is 7.02. The molecule has 3 heterocycles. The topological polar surface area (TPSA) is 85.9 Å². The van der Waals surface area contributed by atoms with Crippen molar-refractivity contribution in [2.45, 2.75) is 18.9 Å². The molecule has 1 aliphatic heterocycles. The van der Waals surface area contributed by atoms with Crippen LogP contribution in [0.3, 0.4) is 0 Å². The number of carbonyl (C=O) groups is 1. The summed E-state index contributed by atoms with van der Waals surface area (Å²) in [4.78, 5) is 26.3. The Labute approximate surface area is 166 Å². The molecular formula is C19H20ClFN6O. The van der Waals surface area contributed by atoms with Gasteiger partial charge in [-0.1, -0.05) is 11.6 Å². The van der Waals surface area contributed by atoms with Crippen molar-refractivity contribution in [3.8, 4) is 0 Å². The number of H-pyrrole nitrogens is 1. The molecule has 0 radical (unpaired) electrons. The fourth-order valence-electron chi connectivity index (χ4n) is 3.47. The summed E-state index contributed by atoms with van der Waals surface area (Å²) in [6.45, 7) is 1.66. The monoisotopic (exact) mass is 402 g/mol. The van der Waals surface area contributed by atoms with Gasteiger partial charge in [0.25, 0.3) is 0 Å². The second-order valence-electron chi connectivity index (χ2n) is 6.77. The minimum absolute atomic E-state index is 0.0225. The molecule has 146 valence electrons. The van der Waals surface area contributed by atoms with Crippen LogP contribution in [0.5, 0.6) is 0 Å². The van der Waals surface area contributed by atoms with Gasteiger partial charge in [-0.2, -0.15) is 0 Å². The molecule has 1 aromatic carbocycles. The van der Waals surface area contributed by atoms with Gasteiger partial charge < -0.3 is 20.5 Å². The van der Waals surface area contributed by atoms with Crippen LogP contribution in [0.4, 0.5) is 15.9 Å². The van der Waals surface area contributed by atoms with E-state index in [-0.39, 0.29) is 23.5 Å². The first-order valence-electron chi connectivity index (χ1n) is 9.11. The molecule has 1 saturated heterocycles. The predicted octanol–water partition coefficient (Wildman–Crippen LogP) is 2.95. The van der Waals surface area contributed by atoms with Gasteiger partial charge in [-0.05, 0) is 37.1 Å². The van der Waals surface area contributed by atoms with Gasteiger partial charge in [0, 0.05) is 31.0 Å². The first-order chi connectivity index (χ1) is 13.6. The highest BCUT2D eigenvalue weighted by atomic mass is 35.5. The van der Waals surface area contributed by atoms with Gasteiger partial charge in [0.05, 0.1) is 17.0 Å². The maximum atomic E-state index is 13.2. The fourth-order valence-corrected chi connectivity index (χ4v) is 3.65. The van der Waals surface area contributed by atoms with Crippen molar-refractivity contribution >= 4 is 40.0 Å². The number of aromatic nitrogens is 3. The van der Waals surface area contributed by atoms with Crippen molar-refractivity contribution in [3.05, 3.63) is 47.6 Å². The second-order valence-corrected chi connectivity index (χ2v) is 7.18. The van der Waals surface area contributed by atoms with Crippen molar-refractivity contribution in [1.29, 1.82) is 0 Å². The Morgan fingerprint density at radius 2 is 2.25 bits per heavy atom. The number of nitrogens with zero attached hydrogens (tertiary/aromatic N) is 3. The largest absolute Gasteiger partial charge is 0.376 e. The molecule has 2 aromatic heterocycles. The Morgan fingerprint density at radius 1 is 1.36 bits per heavy atom. The normalized spacial score (nSPS) is 16.9. The average Bonchev–Trinajstić information content (AvgIpc) is 3.18. The lowest BCUT2D eigenvalue weighted by Gasteiger charge is -2.34. The Bertz CT molecular complexity index is 993. The molecule has 1 amide bonds.